The first kappa shape index (κ1) is 23.0. The summed E-state index contributed by atoms with van der Waals surface area (Å²) < 4.78 is 0. The van der Waals surface area contributed by atoms with Crippen molar-refractivity contribution < 1.29 is 14.4 Å². The third kappa shape index (κ3) is 5.53. The zero-order chi connectivity index (χ0) is 23.1. The number of hydrogen-bond donors (Lipinski definition) is 2. The Hall–Kier alpha value is -3.65. The van der Waals surface area contributed by atoms with E-state index in [0.717, 1.165) is 16.3 Å². The number of carbonyl (C=O) groups is 3. The van der Waals surface area contributed by atoms with E-state index in [1.54, 1.807) is 38.2 Å². The van der Waals surface area contributed by atoms with E-state index in [0.29, 0.717) is 5.69 Å². The largest absolute Gasteiger partial charge is 0.329 e. The lowest BCUT2D eigenvalue weighted by atomic mass is 10.1. The van der Waals surface area contributed by atoms with Gasteiger partial charge in [-0.3, -0.25) is 19.8 Å². The highest BCUT2D eigenvalue weighted by molar-refractivity contribution is 7.14. The van der Waals surface area contributed by atoms with Crippen molar-refractivity contribution in [1.82, 2.24) is 5.32 Å². The third-order valence-electron chi connectivity index (χ3n) is 5.01. The number of para-hydroxylation sites is 2. The molecule has 3 aromatic rings. The molecule has 1 heterocycles. The van der Waals surface area contributed by atoms with Gasteiger partial charge in [-0.1, -0.05) is 36.4 Å². The molecule has 0 radical (unpaired) electrons. The van der Waals surface area contributed by atoms with Crippen molar-refractivity contribution in [3.63, 3.8) is 0 Å². The summed E-state index contributed by atoms with van der Waals surface area (Å²) in [6.45, 7) is 3.32. The SMILES string of the molecule is Cc1ccsc1NC(=O)NCC(=O)N(c1ccccc1)C(C)C(=O)N(C)c1ccccc1. The molecule has 0 spiro atoms. The average molecular weight is 451 g/mol. The van der Waals surface area contributed by atoms with Crippen LogP contribution in [-0.4, -0.2) is 37.5 Å². The van der Waals surface area contributed by atoms with Crippen LogP contribution in [0.25, 0.3) is 0 Å². The van der Waals surface area contributed by atoms with E-state index in [9.17, 15) is 14.4 Å². The van der Waals surface area contributed by atoms with Crippen LogP contribution in [-0.2, 0) is 9.59 Å². The van der Waals surface area contributed by atoms with Crippen LogP contribution < -0.4 is 20.4 Å². The summed E-state index contributed by atoms with van der Waals surface area (Å²) in [7, 11) is 1.68. The molecular weight excluding hydrogens is 424 g/mol. The number of benzene rings is 2. The predicted molar refractivity (Wildman–Crippen MR) is 129 cm³/mol. The number of nitrogens with one attached hydrogen (secondary N) is 2. The fourth-order valence-electron chi connectivity index (χ4n) is 3.23. The number of urea groups is 1. The molecule has 0 aliphatic carbocycles. The van der Waals surface area contributed by atoms with Crippen molar-refractivity contribution in [3.8, 4) is 0 Å². The predicted octanol–water partition coefficient (Wildman–Crippen LogP) is 4.26. The Bertz CT molecular complexity index is 1070. The molecule has 2 aromatic carbocycles. The van der Waals surface area contributed by atoms with E-state index in [1.165, 1.54) is 21.1 Å². The van der Waals surface area contributed by atoms with E-state index >= 15 is 0 Å². The highest BCUT2D eigenvalue weighted by Crippen LogP contribution is 2.22. The maximum atomic E-state index is 13.2. The summed E-state index contributed by atoms with van der Waals surface area (Å²) in [6.07, 6.45) is 0. The van der Waals surface area contributed by atoms with Crippen LogP contribution in [0.2, 0.25) is 0 Å². The molecule has 2 N–H and O–H groups in total. The van der Waals surface area contributed by atoms with Gasteiger partial charge in [0.15, 0.2) is 0 Å². The highest BCUT2D eigenvalue weighted by atomic mass is 32.1. The number of carbonyl (C=O) groups excluding carboxylic acids is 3. The van der Waals surface area contributed by atoms with Crippen LogP contribution >= 0.6 is 11.3 Å². The Balaban J connectivity index is 1.73. The molecule has 8 heteroatoms. The minimum Gasteiger partial charge on any atom is -0.329 e. The Morgan fingerprint density at radius 1 is 0.938 bits per heavy atom. The molecule has 0 saturated heterocycles. The number of nitrogens with zero attached hydrogens (tertiary/aromatic N) is 2. The standard InChI is InChI=1S/C24H26N4O3S/c1-17-14-15-32-22(17)26-24(31)25-16-21(29)28(20-12-8-5-9-13-20)18(2)23(30)27(3)19-10-6-4-7-11-19/h4-15,18H,16H2,1-3H3,(H2,25,26,31). The van der Waals surface area contributed by atoms with Gasteiger partial charge in [-0.25, -0.2) is 4.79 Å². The Morgan fingerprint density at radius 3 is 2.09 bits per heavy atom. The van der Waals surface area contributed by atoms with E-state index in [4.69, 9.17) is 0 Å². The number of anilines is 3. The Labute approximate surface area is 191 Å². The lowest BCUT2D eigenvalue weighted by Crippen LogP contribution is -2.52. The third-order valence-corrected chi connectivity index (χ3v) is 5.94. The van der Waals surface area contributed by atoms with Crippen molar-refractivity contribution in [2.45, 2.75) is 19.9 Å². The van der Waals surface area contributed by atoms with Crippen molar-refractivity contribution >= 4 is 45.6 Å². The van der Waals surface area contributed by atoms with E-state index in [2.05, 4.69) is 10.6 Å². The van der Waals surface area contributed by atoms with Crippen LogP contribution in [0.15, 0.2) is 72.1 Å². The van der Waals surface area contributed by atoms with Gasteiger partial charge in [0, 0.05) is 18.4 Å². The average Bonchev–Trinajstić information content (AvgIpc) is 3.22. The number of amides is 4. The lowest BCUT2D eigenvalue weighted by Gasteiger charge is -2.31. The van der Waals surface area contributed by atoms with E-state index in [-0.39, 0.29) is 12.5 Å². The molecule has 1 unspecified atom stereocenters. The Kier molecular flexibility index (Phi) is 7.62. The molecule has 1 aromatic heterocycles. The zero-order valence-corrected chi connectivity index (χ0v) is 19.1. The van der Waals surface area contributed by atoms with Gasteiger partial charge in [0.25, 0.3) is 0 Å². The minimum absolute atomic E-state index is 0.243. The van der Waals surface area contributed by atoms with Gasteiger partial charge in [-0.15, -0.1) is 11.3 Å². The molecule has 166 valence electrons. The van der Waals surface area contributed by atoms with E-state index in [1.807, 2.05) is 54.8 Å². The highest BCUT2D eigenvalue weighted by Gasteiger charge is 2.30. The molecule has 4 amide bonds. The van der Waals surface area contributed by atoms with Crippen molar-refractivity contribution in [2.75, 3.05) is 28.7 Å². The second-order valence-electron chi connectivity index (χ2n) is 7.25. The van der Waals surface area contributed by atoms with Crippen LogP contribution in [0, 0.1) is 6.92 Å². The van der Waals surface area contributed by atoms with Gasteiger partial charge in [-0.05, 0) is 55.1 Å². The topological polar surface area (TPSA) is 81.8 Å². The van der Waals surface area contributed by atoms with Gasteiger partial charge in [0.1, 0.15) is 6.04 Å². The fraction of sp³-hybridized carbons (Fsp3) is 0.208. The van der Waals surface area contributed by atoms with Crippen LogP contribution in [0.4, 0.5) is 21.2 Å². The zero-order valence-electron chi connectivity index (χ0n) is 18.2. The summed E-state index contributed by atoms with van der Waals surface area (Å²) in [5, 5.41) is 7.94. The van der Waals surface area contributed by atoms with Crippen LogP contribution in [0.1, 0.15) is 12.5 Å². The summed E-state index contributed by atoms with van der Waals surface area (Å²) in [6, 6.07) is 18.8. The number of rotatable bonds is 7. The van der Waals surface area contributed by atoms with E-state index < -0.39 is 18.0 Å². The fourth-order valence-corrected chi connectivity index (χ4v) is 4.04. The molecule has 0 fully saturated rings. The minimum atomic E-state index is -0.778. The smallest absolute Gasteiger partial charge is 0.320 e. The summed E-state index contributed by atoms with van der Waals surface area (Å²) in [5.74, 6) is -0.636. The molecule has 1 atom stereocenters. The van der Waals surface area contributed by atoms with Gasteiger partial charge < -0.3 is 10.2 Å². The molecule has 3 rings (SSSR count). The molecular formula is C24H26N4O3S. The number of likely N-dealkylation sites (N-methyl/N-ethyl adjacent to an activating group) is 1. The quantitative estimate of drug-likeness (QED) is 0.564. The van der Waals surface area contributed by atoms with Crippen molar-refractivity contribution in [3.05, 3.63) is 77.7 Å². The monoisotopic (exact) mass is 450 g/mol. The first-order valence-corrected chi connectivity index (χ1v) is 11.0. The lowest BCUT2D eigenvalue weighted by molar-refractivity contribution is -0.123. The van der Waals surface area contributed by atoms with Gasteiger partial charge in [0.05, 0.1) is 11.5 Å². The first-order valence-electron chi connectivity index (χ1n) is 10.2. The Morgan fingerprint density at radius 2 is 1.53 bits per heavy atom. The molecule has 32 heavy (non-hydrogen) atoms. The van der Waals surface area contributed by atoms with Gasteiger partial charge in [0.2, 0.25) is 11.8 Å². The van der Waals surface area contributed by atoms with Gasteiger partial charge >= 0.3 is 6.03 Å². The summed E-state index contributed by atoms with van der Waals surface area (Å²) >= 11 is 1.41. The summed E-state index contributed by atoms with van der Waals surface area (Å²) in [4.78, 5) is 41.5. The maximum absolute atomic E-state index is 13.2. The number of aryl methyl sites for hydroxylation is 1. The molecule has 0 bridgehead atoms. The number of hydrogen-bond acceptors (Lipinski definition) is 4. The first-order chi connectivity index (χ1) is 15.4. The molecule has 0 saturated carbocycles. The summed E-state index contributed by atoms with van der Waals surface area (Å²) in [5.41, 5.74) is 2.26. The maximum Gasteiger partial charge on any atom is 0.320 e. The van der Waals surface area contributed by atoms with Crippen LogP contribution in [0.5, 0.6) is 0 Å². The second kappa shape index (κ2) is 10.6. The van der Waals surface area contributed by atoms with Crippen molar-refractivity contribution in [2.24, 2.45) is 0 Å². The van der Waals surface area contributed by atoms with Crippen molar-refractivity contribution in [1.29, 1.82) is 0 Å². The molecule has 0 aliphatic rings. The van der Waals surface area contributed by atoms with Crippen LogP contribution in [0.3, 0.4) is 0 Å². The molecule has 7 nitrogen and oxygen atoms in total. The second-order valence-corrected chi connectivity index (χ2v) is 8.16. The number of thiophene rings is 1. The van der Waals surface area contributed by atoms with Gasteiger partial charge in [-0.2, -0.15) is 0 Å². The molecule has 0 aliphatic heterocycles. The normalized spacial score (nSPS) is 11.3.